The summed E-state index contributed by atoms with van der Waals surface area (Å²) in [5, 5.41) is 2.83. The Morgan fingerprint density at radius 1 is 1.40 bits per heavy atom. The molecule has 15 heavy (non-hydrogen) atoms. The second-order valence-corrected chi connectivity index (χ2v) is 3.38. The van der Waals surface area contributed by atoms with Gasteiger partial charge in [0.05, 0.1) is 0 Å². The van der Waals surface area contributed by atoms with Crippen molar-refractivity contribution in [1.29, 1.82) is 0 Å². The first-order valence-corrected chi connectivity index (χ1v) is 5.26. The van der Waals surface area contributed by atoms with Crippen molar-refractivity contribution in [3.63, 3.8) is 0 Å². The van der Waals surface area contributed by atoms with E-state index in [-0.39, 0.29) is 5.91 Å². The topological polar surface area (TPSA) is 29.1 Å². The van der Waals surface area contributed by atoms with E-state index < -0.39 is 0 Å². The van der Waals surface area contributed by atoms with Gasteiger partial charge in [0.2, 0.25) is 0 Å². The average molecular weight is 203 g/mol. The molecule has 0 aliphatic carbocycles. The lowest BCUT2D eigenvalue weighted by atomic mass is 10.1. The number of carbonyl (C=O) groups is 1. The standard InChI is InChI=1S/C13H17NO/c1-3-5-10-14-13(15)12-8-6-11(4-2)7-9-12/h3,6-9H,1,4-5,10H2,2H3,(H,14,15). The molecule has 0 fully saturated rings. The first kappa shape index (κ1) is 11.5. The highest BCUT2D eigenvalue weighted by Crippen LogP contribution is 2.04. The van der Waals surface area contributed by atoms with Crippen LogP contribution in [0.25, 0.3) is 0 Å². The highest BCUT2D eigenvalue weighted by atomic mass is 16.1. The number of rotatable bonds is 5. The van der Waals surface area contributed by atoms with Crippen LogP contribution < -0.4 is 5.32 Å². The molecule has 0 spiro atoms. The summed E-state index contributed by atoms with van der Waals surface area (Å²) >= 11 is 0. The van der Waals surface area contributed by atoms with Crippen LogP contribution in [0.5, 0.6) is 0 Å². The fourth-order valence-electron chi connectivity index (χ4n) is 1.28. The molecule has 80 valence electrons. The second kappa shape index (κ2) is 6.02. The number of aryl methyl sites for hydroxylation is 1. The summed E-state index contributed by atoms with van der Waals surface area (Å²) in [5.41, 5.74) is 1.97. The van der Waals surface area contributed by atoms with Crippen molar-refractivity contribution in [1.82, 2.24) is 5.32 Å². The first-order chi connectivity index (χ1) is 7.27. The maximum Gasteiger partial charge on any atom is 0.251 e. The molecule has 0 atom stereocenters. The minimum Gasteiger partial charge on any atom is -0.352 e. The smallest absolute Gasteiger partial charge is 0.251 e. The summed E-state index contributed by atoms with van der Waals surface area (Å²) in [6.45, 7) is 6.35. The Hall–Kier alpha value is -1.57. The summed E-state index contributed by atoms with van der Waals surface area (Å²) in [6, 6.07) is 7.70. The van der Waals surface area contributed by atoms with Gasteiger partial charge in [0.25, 0.3) is 5.91 Å². The number of hydrogen-bond acceptors (Lipinski definition) is 1. The molecule has 0 saturated heterocycles. The summed E-state index contributed by atoms with van der Waals surface area (Å²) in [4.78, 5) is 11.6. The molecule has 0 saturated carbocycles. The van der Waals surface area contributed by atoms with Gasteiger partial charge in [-0.2, -0.15) is 0 Å². The van der Waals surface area contributed by atoms with Crippen molar-refractivity contribution in [3.05, 3.63) is 48.0 Å². The number of nitrogens with one attached hydrogen (secondary N) is 1. The number of carbonyl (C=O) groups excluding carboxylic acids is 1. The number of hydrogen-bond donors (Lipinski definition) is 1. The SMILES string of the molecule is C=CCCNC(=O)c1ccc(CC)cc1. The minimum absolute atomic E-state index is 0.0143. The van der Waals surface area contributed by atoms with Crippen molar-refractivity contribution in [2.75, 3.05) is 6.54 Å². The minimum atomic E-state index is -0.0143. The summed E-state index contributed by atoms with van der Waals surface area (Å²) in [7, 11) is 0. The molecular formula is C13H17NO. The highest BCUT2D eigenvalue weighted by Gasteiger charge is 2.02. The second-order valence-electron chi connectivity index (χ2n) is 3.38. The Bertz CT molecular complexity index is 327. The van der Waals surface area contributed by atoms with Crippen molar-refractivity contribution in [2.24, 2.45) is 0 Å². The molecule has 1 amide bonds. The zero-order valence-corrected chi connectivity index (χ0v) is 9.12. The lowest BCUT2D eigenvalue weighted by Crippen LogP contribution is -2.23. The Morgan fingerprint density at radius 2 is 2.07 bits per heavy atom. The van der Waals surface area contributed by atoms with Gasteiger partial charge in [-0.3, -0.25) is 4.79 Å². The fraction of sp³-hybridized carbons (Fsp3) is 0.308. The molecular weight excluding hydrogens is 186 g/mol. The Kier molecular flexibility index (Phi) is 4.61. The van der Waals surface area contributed by atoms with Gasteiger partial charge in [0, 0.05) is 12.1 Å². The molecule has 0 bridgehead atoms. The maximum atomic E-state index is 11.6. The van der Waals surface area contributed by atoms with E-state index in [0.29, 0.717) is 6.54 Å². The molecule has 0 aliphatic heterocycles. The van der Waals surface area contributed by atoms with Crippen molar-refractivity contribution in [2.45, 2.75) is 19.8 Å². The lowest BCUT2D eigenvalue weighted by Gasteiger charge is -2.04. The number of benzene rings is 1. The molecule has 1 aromatic rings. The molecule has 0 heterocycles. The average Bonchev–Trinajstić information content (AvgIpc) is 2.29. The van der Waals surface area contributed by atoms with Crippen molar-refractivity contribution < 1.29 is 4.79 Å². The zero-order chi connectivity index (χ0) is 11.1. The maximum absolute atomic E-state index is 11.6. The highest BCUT2D eigenvalue weighted by molar-refractivity contribution is 5.94. The molecule has 0 radical (unpaired) electrons. The van der Waals surface area contributed by atoms with Gasteiger partial charge in [-0.25, -0.2) is 0 Å². The lowest BCUT2D eigenvalue weighted by molar-refractivity contribution is 0.0954. The van der Waals surface area contributed by atoms with Gasteiger partial charge in [-0.05, 0) is 30.5 Å². The van der Waals surface area contributed by atoms with E-state index in [1.54, 1.807) is 6.08 Å². The first-order valence-electron chi connectivity index (χ1n) is 5.26. The van der Waals surface area contributed by atoms with Crippen molar-refractivity contribution in [3.8, 4) is 0 Å². The van der Waals surface area contributed by atoms with Crippen LogP contribution in [0.2, 0.25) is 0 Å². The molecule has 0 aliphatic rings. The van der Waals surface area contributed by atoms with Crippen LogP contribution >= 0.6 is 0 Å². The van der Waals surface area contributed by atoms with Gasteiger partial charge in [-0.1, -0.05) is 25.1 Å². The van der Waals surface area contributed by atoms with E-state index in [4.69, 9.17) is 0 Å². The van der Waals surface area contributed by atoms with Gasteiger partial charge < -0.3 is 5.32 Å². The predicted octanol–water partition coefficient (Wildman–Crippen LogP) is 2.55. The Labute approximate surface area is 91.0 Å². The summed E-state index contributed by atoms with van der Waals surface area (Å²) in [6.07, 6.45) is 3.59. The molecule has 1 aromatic carbocycles. The Balaban J connectivity index is 2.54. The third-order valence-corrected chi connectivity index (χ3v) is 2.26. The van der Waals surface area contributed by atoms with Crippen LogP contribution in [0.15, 0.2) is 36.9 Å². The van der Waals surface area contributed by atoms with Gasteiger partial charge >= 0.3 is 0 Å². The van der Waals surface area contributed by atoms with Crippen LogP contribution in [0, 0.1) is 0 Å². The zero-order valence-electron chi connectivity index (χ0n) is 9.12. The molecule has 1 N–H and O–H groups in total. The Morgan fingerprint density at radius 3 is 2.60 bits per heavy atom. The van der Waals surface area contributed by atoms with Crippen LogP contribution in [0.1, 0.15) is 29.3 Å². The van der Waals surface area contributed by atoms with Crippen LogP contribution in [0.4, 0.5) is 0 Å². The normalized spacial score (nSPS) is 9.67. The van der Waals surface area contributed by atoms with Crippen LogP contribution in [0.3, 0.4) is 0 Å². The van der Waals surface area contributed by atoms with Crippen LogP contribution in [-0.2, 0) is 6.42 Å². The quantitative estimate of drug-likeness (QED) is 0.578. The molecule has 0 aromatic heterocycles. The summed E-state index contributed by atoms with van der Waals surface area (Å²) < 4.78 is 0. The molecule has 2 nitrogen and oxygen atoms in total. The van der Waals surface area contributed by atoms with E-state index in [9.17, 15) is 4.79 Å². The fourth-order valence-corrected chi connectivity index (χ4v) is 1.28. The summed E-state index contributed by atoms with van der Waals surface area (Å²) in [5.74, 6) is -0.0143. The molecule has 1 rings (SSSR count). The van der Waals surface area contributed by atoms with Gasteiger partial charge in [0.15, 0.2) is 0 Å². The van der Waals surface area contributed by atoms with E-state index in [2.05, 4.69) is 18.8 Å². The number of amides is 1. The largest absolute Gasteiger partial charge is 0.352 e. The van der Waals surface area contributed by atoms with E-state index in [1.165, 1.54) is 5.56 Å². The van der Waals surface area contributed by atoms with E-state index in [1.807, 2.05) is 24.3 Å². The van der Waals surface area contributed by atoms with Gasteiger partial charge in [-0.15, -0.1) is 6.58 Å². The molecule has 0 unspecified atom stereocenters. The monoisotopic (exact) mass is 203 g/mol. The molecule has 2 heteroatoms. The van der Waals surface area contributed by atoms with E-state index in [0.717, 1.165) is 18.4 Å². The van der Waals surface area contributed by atoms with Crippen molar-refractivity contribution >= 4 is 5.91 Å². The van der Waals surface area contributed by atoms with E-state index >= 15 is 0 Å². The van der Waals surface area contributed by atoms with Crippen LogP contribution in [-0.4, -0.2) is 12.5 Å². The van der Waals surface area contributed by atoms with Gasteiger partial charge in [0.1, 0.15) is 0 Å². The predicted molar refractivity (Wildman–Crippen MR) is 63.0 cm³/mol. The third kappa shape index (κ3) is 3.58. The third-order valence-electron chi connectivity index (χ3n) is 2.26.